The summed E-state index contributed by atoms with van der Waals surface area (Å²) >= 11 is 0. The van der Waals surface area contributed by atoms with E-state index in [1.54, 1.807) is 6.92 Å². The number of carbonyl (C=O) groups excluding carboxylic acids is 1. The first-order valence-electron chi connectivity index (χ1n) is 6.13. The lowest BCUT2D eigenvalue weighted by molar-refractivity contribution is -0.0499. The Bertz CT molecular complexity index is 523. The molecule has 0 bridgehead atoms. The molecule has 0 radical (unpaired) electrons. The molecule has 3 N–H and O–H groups in total. The molecule has 116 valence electrons. The largest absolute Gasteiger partial charge is 0.435 e. The first kappa shape index (κ1) is 16.7. The molecule has 1 unspecified atom stereocenters. The van der Waals surface area contributed by atoms with E-state index in [0.717, 1.165) is 0 Å². The third-order valence-electron chi connectivity index (χ3n) is 2.82. The third-order valence-corrected chi connectivity index (χ3v) is 2.82. The number of rotatable bonds is 6. The minimum atomic E-state index is -2.95. The Morgan fingerprint density at radius 3 is 2.76 bits per heavy atom. The Kier molecular flexibility index (Phi) is 5.89. The van der Waals surface area contributed by atoms with Crippen LogP contribution >= 0.6 is 0 Å². The molecular weight excluding hydrogens is 284 g/mol. The number of hydrogen-bond acceptors (Lipinski definition) is 4. The Morgan fingerprint density at radius 1 is 1.52 bits per heavy atom. The van der Waals surface area contributed by atoms with Crippen LogP contribution in [0.5, 0.6) is 5.75 Å². The van der Waals surface area contributed by atoms with Crippen molar-refractivity contribution in [2.24, 2.45) is 16.8 Å². The van der Waals surface area contributed by atoms with Gasteiger partial charge in [-0.1, -0.05) is 18.1 Å². The summed E-state index contributed by atoms with van der Waals surface area (Å²) in [5.74, 6) is -0.810. The van der Waals surface area contributed by atoms with Gasteiger partial charge in [-0.2, -0.15) is 8.78 Å². The zero-order valence-electron chi connectivity index (χ0n) is 11.7. The highest BCUT2D eigenvalue weighted by atomic mass is 19.3. The summed E-state index contributed by atoms with van der Waals surface area (Å²) < 4.78 is 28.5. The average Bonchev–Trinajstić information content (AvgIpc) is 2.44. The van der Waals surface area contributed by atoms with Crippen molar-refractivity contribution < 1.29 is 23.5 Å². The zero-order valence-corrected chi connectivity index (χ0v) is 11.7. The molecule has 0 fully saturated rings. The molecule has 0 spiro atoms. The summed E-state index contributed by atoms with van der Waals surface area (Å²) in [5.41, 5.74) is 5.65. The Balaban J connectivity index is 2.78. The van der Waals surface area contributed by atoms with Crippen LogP contribution in [0.25, 0.3) is 0 Å². The highest BCUT2D eigenvalue weighted by Crippen LogP contribution is 2.17. The van der Waals surface area contributed by atoms with Crippen molar-refractivity contribution in [1.29, 1.82) is 0 Å². The Morgan fingerprint density at radius 2 is 2.19 bits per heavy atom. The lowest BCUT2D eigenvalue weighted by atomic mass is 10.1. The molecule has 0 aromatic heterocycles. The fourth-order valence-electron chi connectivity index (χ4n) is 1.71. The number of hydrogen-bond donors (Lipinski definition) is 2. The number of nitrogens with two attached hydrogens (primary N) is 1. The topological polar surface area (TPSA) is 88.2 Å². The highest BCUT2D eigenvalue weighted by Gasteiger charge is 2.17. The third kappa shape index (κ3) is 4.90. The van der Waals surface area contributed by atoms with E-state index in [2.05, 4.69) is 9.89 Å². The van der Waals surface area contributed by atoms with Crippen LogP contribution in [0.15, 0.2) is 29.4 Å². The molecular formula is C13H17F2N3O3. The maximum Gasteiger partial charge on any atom is 0.387 e. The van der Waals surface area contributed by atoms with E-state index in [0.29, 0.717) is 0 Å². The summed E-state index contributed by atoms with van der Waals surface area (Å²) in [5, 5.41) is 11.4. The second-order valence-electron chi connectivity index (χ2n) is 4.52. The average molecular weight is 301 g/mol. The van der Waals surface area contributed by atoms with E-state index >= 15 is 0 Å². The van der Waals surface area contributed by atoms with Gasteiger partial charge in [0.05, 0.1) is 0 Å². The number of carbonyl (C=O) groups is 1. The summed E-state index contributed by atoms with van der Waals surface area (Å²) in [6, 6.07) is 5.51. The van der Waals surface area contributed by atoms with E-state index in [-0.39, 0.29) is 35.5 Å². The Labute approximate surface area is 120 Å². The second kappa shape index (κ2) is 7.41. The molecule has 0 aliphatic heterocycles. The molecule has 0 saturated carbocycles. The molecule has 21 heavy (non-hydrogen) atoms. The first-order valence-corrected chi connectivity index (χ1v) is 6.13. The van der Waals surface area contributed by atoms with Crippen LogP contribution in [0.3, 0.4) is 0 Å². The number of oxime groups is 1. The molecule has 1 atom stereocenters. The smallest absolute Gasteiger partial charge is 0.387 e. The number of amidine groups is 1. The second-order valence-corrected chi connectivity index (χ2v) is 4.52. The van der Waals surface area contributed by atoms with Gasteiger partial charge in [0.1, 0.15) is 11.6 Å². The standard InChI is InChI=1S/C13H17F2N3O3/c1-8(11(16)17-20)7-18(2)12(19)9-4-3-5-10(6-9)21-13(14)15/h3-6,8,13,20H,7H2,1-2H3,(H2,16,17). The predicted octanol–water partition coefficient (Wildman–Crippen LogP) is 1.74. The number of benzene rings is 1. The van der Waals surface area contributed by atoms with Crippen LogP contribution in [0.1, 0.15) is 17.3 Å². The SMILES string of the molecule is CC(CN(C)C(=O)c1cccc(OC(F)F)c1)C(N)=NO. The minimum Gasteiger partial charge on any atom is -0.435 e. The molecule has 1 amide bonds. The van der Waals surface area contributed by atoms with E-state index in [9.17, 15) is 13.6 Å². The highest BCUT2D eigenvalue weighted by molar-refractivity contribution is 5.94. The number of nitrogens with zero attached hydrogens (tertiary/aromatic N) is 2. The van der Waals surface area contributed by atoms with Crippen LogP contribution in [-0.2, 0) is 0 Å². The summed E-state index contributed by atoms with van der Waals surface area (Å²) in [6.07, 6.45) is 0. The van der Waals surface area contributed by atoms with E-state index < -0.39 is 6.61 Å². The van der Waals surface area contributed by atoms with Crippen LogP contribution < -0.4 is 10.5 Å². The fourth-order valence-corrected chi connectivity index (χ4v) is 1.71. The van der Waals surface area contributed by atoms with Crippen LogP contribution in [-0.4, -0.2) is 42.1 Å². The lowest BCUT2D eigenvalue weighted by Gasteiger charge is -2.21. The van der Waals surface area contributed by atoms with Gasteiger partial charge >= 0.3 is 6.61 Å². The number of halogens is 2. The number of ether oxygens (including phenoxy) is 1. The molecule has 8 heteroatoms. The van der Waals surface area contributed by atoms with Crippen molar-refractivity contribution in [3.05, 3.63) is 29.8 Å². The van der Waals surface area contributed by atoms with E-state index in [1.165, 1.54) is 36.2 Å². The zero-order chi connectivity index (χ0) is 16.0. The molecule has 0 heterocycles. The van der Waals surface area contributed by atoms with Gasteiger partial charge in [-0.25, -0.2) is 0 Å². The molecule has 0 aliphatic carbocycles. The number of alkyl halides is 2. The quantitative estimate of drug-likeness (QED) is 0.362. The van der Waals surface area contributed by atoms with Crippen molar-refractivity contribution in [3.63, 3.8) is 0 Å². The van der Waals surface area contributed by atoms with Gasteiger partial charge in [0.25, 0.3) is 5.91 Å². The van der Waals surface area contributed by atoms with Crippen LogP contribution in [0, 0.1) is 5.92 Å². The van der Waals surface area contributed by atoms with Gasteiger partial charge in [0, 0.05) is 25.1 Å². The van der Waals surface area contributed by atoms with Crippen molar-refractivity contribution in [3.8, 4) is 5.75 Å². The molecule has 6 nitrogen and oxygen atoms in total. The molecule has 0 saturated heterocycles. The van der Waals surface area contributed by atoms with Crippen molar-refractivity contribution >= 4 is 11.7 Å². The molecule has 1 rings (SSSR count). The van der Waals surface area contributed by atoms with Gasteiger partial charge in [-0.3, -0.25) is 4.79 Å². The van der Waals surface area contributed by atoms with Crippen molar-refractivity contribution in [2.75, 3.05) is 13.6 Å². The van der Waals surface area contributed by atoms with E-state index in [1.807, 2.05) is 0 Å². The maximum absolute atomic E-state index is 12.2. The monoisotopic (exact) mass is 301 g/mol. The fraction of sp³-hybridized carbons (Fsp3) is 0.385. The summed E-state index contributed by atoms with van der Waals surface area (Å²) in [6.45, 7) is -1.04. The first-order chi connectivity index (χ1) is 9.85. The molecule has 1 aromatic carbocycles. The normalized spacial score (nSPS) is 13.1. The van der Waals surface area contributed by atoms with Crippen LogP contribution in [0.4, 0.5) is 8.78 Å². The van der Waals surface area contributed by atoms with Gasteiger partial charge in [0.2, 0.25) is 0 Å². The van der Waals surface area contributed by atoms with Gasteiger partial charge in [-0.05, 0) is 18.2 Å². The summed E-state index contributed by atoms with van der Waals surface area (Å²) in [7, 11) is 1.53. The molecule has 0 aliphatic rings. The number of amides is 1. The predicted molar refractivity (Wildman–Crippen MR) is 72.6 cm³/mol. The summed E-state index contributed by atoms with van der Waals surface area (Å²) in [4.78, 5) is 13.5. The Hall–Kier alpha value is -2.38. The van der Waals surface area contributed by atoms with Gasteiger partial charge in [0.15, 0.2) is 0 Å². The van der Waals surface area contributed by atoms with Gasteiger partial charge in [-0.15, -0.1) is 0 Å². The van der Waals surface area contributed by atoms with Crippen molar-refractivity contribution in [2.45, 2.75) is 13.5 Å². The van der Waals surface area contributed by atoms with E-state index in [4.69, 9.17) is 10.9 Å². The maximum atomic E-state index is 12.2. The van der Waals surface area contributed by atoms with Gasteiger partial charge < -0.3 is 20.6 Å². The lowest BCUT2D eigenvalue weighted by Crippen LogP contribution is -2.36. The molecule has 1 aromatic rings. The minimum absolute atomic E-state index is 0.00411. The van der Waals surface area contributed by atoms with Crippen molar-refractivity contribution in [1.82, 2.24) is 4.90 Å². The van der Waals surface area contributed by atoms with Crippen LogP contribution in [0.2, 0.25) is 0 Å².